The first-order chi connectivity index (χ1) is 13.5. The number of ether oxygens (including phenoxy) is 1. The van der Waals surface area contributed by atoms with Crippen LogP contribution >= 0.6 is 11.6 Å². The largest absolute Gasteiger partial charge is 0.396 e. The Balaban J connectivity index is 0.000000406. The topological polar surface area (TPSA) is 96.6 Å². The van der Waals surface area contributed by atoms with Crippen LogP contribution < -0.4 is 5.48 Å². The number of hydroxylamine groups is 1. The fraction of sp³-hybridized carbons (Fsp3) is 0.500. The summed E-state index contributed by atoms with van der Waals surface area (Å²) in [7, 11) is 0. The van der Waals surface area contributed by atoms with Crippen LogP contribution in [0.1, 0.15) is 44.7 Å². The number of aromatic nitrogens is 2. The van der Waals surface area contributed by atoms with Gasteiger partial charge in [-0.2, -0.15) is 5.10 Å². The van der Waals surface area contributed by atoms with Gasteiger partial charge < -0.3 is 9.84 Å². The van der Waals surface area contributed by atoms with E-state index >= 15 is 0 Å². The van der Waals surface area contributed by atoms with Gasteiger partial charge in [0.25, 0.3) is 0 Å². The standard InChI is InChI=1S/C14H20ClNO4.C6H10N2/c15-12-5-2-11(3-6-12)4-7-13(10-14(18)16-19)20-9-1-8-17;1-6(2)8-5-3-4-7-8/h2-3,5-6,13,17,19H,1,4,7-10H2,(H,16,18);3-6H,1-2H3. The molecule has 1 amide bonds. The van der Waals surface area contributed by atoms with E-state index in [-0.39, 0.29) is 19.1 Å². The van der Waals surface area contributed by atoms with Crippen molar-refractivity contribution in [1.29, 1.82) is 0 Å². The molecule has 1 atom stereocenters. The first-order valence-electron chi connectivity index (χ1n) is 9.35. The Morgan fingerprint density at radius 1 is 1.32 bits per heavy atom. The summed E-state index contributed by atoms with van der Waals surface area (Å²) in [5.74, 6) is -0.477. The molecule has 0 radical (unpaired) electrons. The van der Waals surface area contributed by atoms with E-state index in [9.17, 15) is 4.79 Å². The monoisotopic (exact) mass is 411 g/mol. The molecule has 8 heteroatoms. The molecule has 1 unspecified atom stereocenters. The van der Waals surface area contributed by atoms with E-state index in [0.29, 0.717) is 30.5 Å². The second-order valence-electron chi connectivity index (χ2n) is 6.55. The first-order valence-corrected chi connectivity index (χ1v) is 9.73. The Hall–Kier alpha value is -1.93. The Bertz CT molecular complexity index is 648. The molecule has 3 N–H and O–H groups in total. The van der Waals surface area contributed by atoms with Gasteiger partial charge >= 0.3 is 0 Å². The van der Waals surface area contributed by atoms with Gasteiger partial charge in [-0.1, -0.05) is 23.7 Å². The van der Waals surface area contributed by atoms with Crippen molar-refractivity contribution < 1.29 is 19.8 Å². The second kappa shape index (κ2) is 14.1. The molecule has 2 rings (SSSR count). The summed E-state index contributed by atoms with van der Waals surface area (Å²) < 4.78 is 7.46. The lowest BCUT2D eigenvalue weighted by molar-refractivity contribution is -0.132. The van der Waals surface area contributed by atoms with E-state index in [2.05, 4.69) is 18.9 Å². The number of hydrogen-bond acceptors (Lipinski definition) is 5. The zero-order valence-corrected chi connectivity index (χ0v) is 17.2. The maximum absolute atomic E-state index is 11.2. The average Bonchev–Trinajstić information content (AvgIpc) is 3.23. The van der Waals surface area contributed by atoms with Crippen molar-refractivity contribution in [3.8, 4) is 0 Å². The van der Waals surface area contributed by atoms with Crippen LogP contribution in [0.3, 0.4) is 0 Å². The Morgan fingerprint density at radius 2 is 2.04 bits per heavy atom. The molecule has 0 saturated carbocycles. The summed E-state index contributed by atoms with van der Waals surface area (Å²) in [6, 6.07) is 9.92. The van der Waals surface area contributed by atoms with E-state index in [1.165, 1.54) is 0 Å². The third-order valence-electron chi connectivity index (χ3n) is 3.92. The molecule has 28 heavy (non-hydrogen) atoms. The third kappa shape index (κ3) is 10.4. The van der Waals surface area contributed by atoms with Crippen molar-refractivity contribution in [1.82, 2.24) is 15.3 Å². The number of aliphatic hydroxyl groups is 1. The van der Waals surface area contributed by atoms with Crippen LogP contribution in [0.25, 0.3) is 0 Å². The third-order valence-corrected chi connectivity index (χ3v) is 4.17. The van der Waals surface area contributed by atoms with Gasteiger partial charge in [0.2, 0.25) is 5.91 Å². The summed E-state index contributed by atoms with van der Waals surface area (Å²) in [6.07, 6.45) is 5.49. The molecule has 0 bridgehead atoms. The van der Waals surface area contributed by atoms with Crippen molar-refractivity contribution >= 4 is 17.5 Å². The Kier molecular flexibility index (Phi) is 12.2. The summed E-state index contributed by atoms with van der Waals surface area (Å²) >= 11 is 5.82. The number of nitrogens with zero attached hydrogens (tertiary/aromatic N) is 2. The van der Waals surface area contributed by atoms with Crippen LogP contribution in [0.15, 0.2) is 42.7 Å². The van der Waals surface area contributed by atoms with Gasteiger partial charge in [0.1, 0.15) is 0 Å². The molecule has 0 aliphatic carbocycles. The molecular formula is C20H30ClN3O4. The van der Waals surface area contributed by atoms with E-state index in [1.54, 1.807) is 11.7 Å². The fourth-order valence-corrected chi connectivity index (χ4v) is 2.50. The highest BCUT2D eigenvalue weighted by atomic mass is 35.5. The maximum Gasteiger partial charge on any atom is 0.245 e. The number of aliphatic hydroxyl groups excluding tert-OH is 1. The van der Waals surface area contributed by atoms with Crippen LogP contribution in [0, 0.1) is 0 Å². The molecule has 156 valence electrons. The molecule has 0 saturated heterocycles. The average molecular weight is 412 g/mol. The normalized spacial score (nSPS) is 11.6. The van der Waals surface area contributed by atoms with Crippen molar-refractivity contribution in [2.24, 2.45) is 0 Å². The smallest absolute Gasteiger partial charge is 0.245 e. The summed E-state index contributed by atoms with van der Waals surface area (Å²) in [5, 5.41) is 22.0. The number of halogens is 1. The molecule has 0 spiro atoms. The molecule has 0 aliphatic heterocycles. The van der Waals surface area contributed by atoms with Gasteiger partial charge in [0.05, 0.1) is 12.5 Å². The van der Waals surface area contributed by atoms with Crippen molar-refractivity contribution in [2.45, 2.75) is 51.7 Å². The minimum Gasteiger partial charge on any atom is -0.396 e. The van der Waals surface area contributed by atoms with Crippen LogP contribution in [0.2, 0.25) is 5.02 Å². The Morgan fingerprint density at radius 3 is 2.54 bits per heavy atom. The minimum absolute atomic E-state index is 0.0517. The highest BCUT2D eigenvalue weighted by molar-refractivity contribution is 6.30. The number of benzene rings is 1. The molecule has 1 aromatic heterocycles. The fourth-order valence-electron chi connectivity index (χ4n) is 2.38. The highest BCUT2D eigenvalue weighted by Crippen LogP contribution is 2.14. The van der Waals surface area contributed by atoms with Gasteiger partial charge in [0, 0.05) is 36.7 Å². The summed E-state index contributed by atoms with van der Waals surface area (Å²) in [6.45, 7) is 4.65. The van der Waals surface area contributed by atoms with E-state index in [4.69, 9.17) is 26.7 Å². The molecule has 7 nitrogen and oxygen atoms in total. The molecule has 2 aromatic rings. The van der Waals surface area contributed by atoms with Crippen LogP contribution in [0.4, 0.5) is 0 Å². The van der Waals surface area contributed by atoms with Gasteiger partial charge in [0.15, 0.2) is 0 Å². The van der Waals surface area contributed by atoms with E-state index < -0.39 is 5.91 Å². The molecule has 1 aromatic carbocycles. The quantitative estimate of drug-likeness (QED) is 0.316. The van der Waals surface area contributed by atoms with Crippen LogP contribution in [0.5, 0.6) is 0 Å². The zero-order valence-electron chi connectivity index (χ0n) is 16.4. The predicted octanol–water partition coefficient (Wildman–Crippen LogP) is 3.40. The number of amides is 1. The van der Waals surface area contributed by atoms with Gasteiger partial charge in [-0.25, -0.2) is 5.48 Å². The molecule has 0 fully saturated rings. The molecule has 0 aliphatic rings. The predicted molar refractivity (Wildman–Crippen MR) is 108 cm³/mol. The molecule has 1 heterocycles. The first kappa shape index (κ1) is 24.1. The minimum atomic E-state index is -0.477. The number of carbonyl (C=O) groups excluding carboxylic acids is 1. The number of aryl methyl sites for hydroxylation is 1. The zero-order chi connectivity index (χ0) is 20.8. The lowest BCUT2D eigenvalue weighted by Crippen LogP contribution is -2.27. The number of hydrogen-bond donors (Lipinski definition) is 3. The van der Waals surface area contributed by atoms with Crippen molar-refractivity contribution in [3.63, 3.8) is 0 Å². The Labute approximate surface area is 171 Å². The van der Waals surface area contributed by atoms with Gasteiger partial charge in [-0.05, 0) is 56.9 Å². The van der Waals surface area contributed by atoms with Gasteiger partial charge in [-0.15, -0.1) is 0 Å². The lowest BCUT2D eigenvalue weighted by Gasteiger charge is -2.16. The number of nitrogens with one attached hydrogen (secondary N) is 1. The summed E-state index contributed by atoms with van der Waals surface area (Å²) in [5.41, 5.74) is 2.71. The maximum atomic E-state index is 11.2. The van der Waals surface area contributed by atoms with Crippen LogP contribution in [-0.2, 0) is 16.0 Å². The molecular weight excluding hydrogens is 382 g/mol. The van der Waals surface area contributed by atoms with E-state index in [0.717, 1.165) is 12.0 Å². The SMILES string of the molecule is CC(C)n1cccn1.O=C(CC(CCc1ccc(Cl)cc1)OCCCO)NO. The second-order valence-corrected chi connectivity index (χ2v) is 6.99. The van der Waals surface area contributed by atoms with Gasteiger partial charge in [-0.3, -0.25) is 14.7 Å². The van der Waals surface area contributed by atoms with Crippen molar-refractivity contribution in [3.05, 3.63) is 53.3 Å². The lowest BCUT2D eigenvalue weighted by atomic mass is 10.0. The number of rotatable bonds is 10. The van der Waals surface area contributed by atoms with E-state index in [1.807, 2.05) is 41.2 Å². The summed E-state index contributed by atoms with van der Waals surface area (Å²) in [4.78, 5) is 11.2. The van der Waals surface area contributed by atoms with Crippen LogP contribution in [-0.4, -0.2) is 45.3 Å². The highest BCUT2D eigenvalue weighted by Gasteiger charge is 2.14. The number of carbonyl (C=O) groups is 1. The van der Waals surface area contributed by atoms with Crippen molar-refractivity contribution in [2.75, 3.05) is 13.2 Å².